The number of carboxylic acid groups (broad SMARTS) is 1. The first-order valence-electron chi connectivity index (χ1n) is 7.57. The van der Waals surface area contributed by atoms with Crippen molar-refractivity contribution < 1.29 is 19.4 Å². The molecule has 2 N–H and O–H groups in total. The van der Waals surface area contributed by atoms with Crippen LogP contribution in [0, 0.1) is 6.92 Å². The highest BCUT2D eigenvalue weighted by Gasteiger charge is 2.37. The van der Waals surface area contributed by atoms with E-state index < -0.39 is 18.0 Å². The van der Waals surface area contributed by atoms with E-state index in [1.54, 1.807) is 6.07 Å². The van der Waals surface area contributed by atoms with Crippen LogP contribution in [0.4, 0.5) is 0 Å². The van der Waals surface area contributed by atoms with Crippen molar-refractivity contribution in [2.24, 2.45) is 0 Å². The van der Waals surface area contributed by atoms with E-state index in [1.165, 1.54) is 0 Å². The molecule has 6 heteroatoms. The average Bonchev–Trinajstić information content (AvgIpc) is 2.86. The number of carbonyl (C=O) groups excluding carboxylic acids is 1. The second-order valence-electron chi connectivity index (χ2n) is 5.78. The summed E-state index contributed by atoms with van der Waals surface area (Å²) in [6.07, 6.45) is -0.312. The molecule has 1 atom stereocenters. The predicted octanol–water partition coefficient (Wildman–Crippen LogP) is 0.739. The molecule has 22 heavy (non-hydrogen) atoms. The van der Waals surface area contributed by atoms with Crippen LogP contribution in [-0.2, 0) is 16.0 Å². The Kier molecular flexibility index (Phi) is 4.13. The molecule has 3 rings (SSSR count). The van der Waals surface area contributed by atoms with Crippen LogP contribution in [0.1, 0.15) is 33.2 Å². The highest BCUT2D eigenvalue weighted by Crippen LogP contribution is 2.34. The minimum Gasteiger partial charge on any atom is -0.478 e. The number of aliphatic carboxylic acids is 1. The van der Waals surface area contributed by atoms with Gasteiger partial charge in [-0.25, -0.2) is 9.59 Å². The zero-order valence-corrected chi connectivity index (χ0v) is 12.6. The number of carbonyl (C=O) groups is 2. The van der Waals surface area contributed by atoms with E-state index in [-0.39, 0.29) is 0 Å². The molecule has 1 unspecified atom stereocenters. The van der Waals surface area contributed by atoms with Crippen LogP contribution in [0.2, 0.25) is 0 Å². The quantitative estimate of drug-likeness (QED) is 0.799. The van der Waals surface area contributed by atoms with Crippen LogP contribution in [-0.4, -0.2) is 54.7 Å². The van der Waals surface area contributed by atoms with E-state index in [1.807, 2.05) is 13.0 Å². The number of esters is 1. The van der Waals surface area contributed by atoms with Gasteiger partial charge in [-0.2, -0.15) is 0 Å². The Hall–Kier alpha value is -1.92. The van der Waals surface area contributed by atoms with Crippen molar-refractivity contribution in [2.75, 3.05) is 32.7 Å². The molecule has 0 saturated carbocycles. The summed E-state index contributed by atoms with van der Waals surface area (Å²) in [6.45, 7) is 6.90. The van der Waals surface area contributed by atoms with Crippen LogP contribution in [0.3, 0.4) is 0 Å². The van der Waals surface area contributed by atoms with Crippen molar-refractivity contribution in [3.8, 4) is 0 Å². The van der Waals surface area contributed by atoms with E-state index in [2.05, 4.69) is 10.2 Å². The van der Waals surface area contributed by atoms with Gasteiger partial charge in [0, 0.05) is 38.3 Å². The van der Waals surface area contributed by atoms with Gasteiger partial charge >= 0.3 is 11.9 Å². The van der Waals surface area contributed by atoms with E-state index >= 15 is 0 Å². The van der Waals surface area contributed by atoms with Gasteiger partial charge in [-0.3, -0.25) is 0 Å². The molecular formula is C16H20N2O4. The van der Waals surface area contributed by atoms with Crippen molar-refractivity contribution in [3.63, 3.8) is 0 Å². The van der Waals surface area contributed by atoms with Crippen molar-refractivity contribution >= 4 is 11.9 Å². The lowest BCUT2D eigenvalue weighted by Crippen LogP contribution is -2.44. The van der Waals surface area contributed by atoms with Gasteiger partial charge in [0.05, 0.1) is 5.56 Å². The SMILES string of the molecule is Cc1c(CCN2CCNCC2)ccc2c1C(=O)OC2C(=O)O. The van der Waals surface area contributed by atoms with E-state index in [0.29, 0.717) is 11.1 Å². The largest absolute Gasteiger partial charge is 0.478 e. The molecule has 1 fully saturated rings. The first kappa shape index (κ1) is 15.0. The van der Waals surface area contributed by atoms with Gasteiger partial charge in [-0.1, -0.05) is 12.1 Å². The Labute approximate surface area is 129 Å². The fraction of sp³-hybridized carbons (Fsp3) is 0.500. The molecular weight excluding hydrogens is 284 g/mol. The molecule has 0 spiro atoms. The number of piperazine rings is 1. The lowest BCUT2D eigenvalue weighted by atomic mass is 9.94. The molecule has 0 aromatic heterocycles. The summed E-state index contributed by atoms with van der Waals surface area (Å²) in [5.41, 5.74) is 2.84. The zero-order chi connectivity index (χ0) is 15.7. The summed E-state index contributed by atoms with van der Waals surface area (Å²) < 4.78 is 4.97. The maximum atomic E-state index is 12.0. The Morgan fingerprint density at radius 2 is 2.14 bits per heavy atom. The topological polar surface area (TPSA) is 78.9 Å². The second-order valence-corrected chi connectivity index (χ2v) is 5.78. The lowest BCUT2D eigenvalue weighted by Gasteiger charge is -2.27. The number of rotatable bonds is 4. The predicted molar refractivity (Wildman–Crippen MR) is 80.0 cm³/mol. The van der Waals surface area contributed by atoms with Crippen molar-refractivity contribution in [2.45, 2.75) is 19.4 Å². The molecule has 118 valence electrons. The normalized spacial score (nSPS) is 21.5. The fourth-order valence-corrected chi connectivity index (χ4v) is 3.16. The number of cyclic esters (lactones) is 1. The van der Waals surface area contributed by atoms with Crippen molar-refractivity contribution in [3.05, 3.63) is 34.4 Å². The monoisotopic (exact) mass is 304 g/mol. The Bertz CT molecular complexity index is 608. The number of hydrogen-bond acceptors (Lipinski definition) is 5. The number of hydrogen-bond donors (Lipinski definition) is 2. The summed E-state index contributed by atoms with van der Waals surface area (Å²) in [5, 5.41) is 12.4. The Morgan fingerprint density at radius 3 is 2.82 bits per heavy atom. The van der Waals surface area contributed by atoms with Gasteiger partial charge < -0.3 is 20.1 Å². The summed E-state index contributed by atoms with van der Waals surface area (Å²) >= 11 is 0. The van der Waals surface area contributed by atoms with Crippen LogP contribution < -0.4 is 5.32 Å². The summed E-state index contributed by atoms with van der Waals surface area (Å²) in [6, 6.07) is 3.65. The van der Waals surface area contributed by atoms with Gasteiger partial charge in [0.2, 0.25) is 6.10 Å². The third-order valence-corrected chi connectivity index (χ3v) is 4.45. The average molecular weight is 304 g/mol. The molecule has 1 aromatic rings. The number of fused-ring (bicyclic) bond motifs is 1. The highest BCUT2D eigenvalue weighted by atomic mass is 16.6. The summed E-state index contributed by atoms with van der Waals surface area (Å²) in [7, 11) is 0. The van der Waals surface area contributed by atoms with Crippen LogP contribution in [0.5, 0.6) is 0 Å². The van der Waals surface area contributed by atoms with Gasteiger partial charge in [0.25, 0.3) is 0 Å². The minimum atomic E-state index is -1.16. The molecule has 6 nitrogen and oxygen atoms in total. The molecule has 2 aliphatic heterocycles. The maximum Gasteiger partial charge on any atom is 0.349 e. The molecule has 1 saturated heterocycles. The standard InChI is InChI=1S/C16H20N2O4/c1-10-11(4-7-18-8-5-17-6-9-18)2-3-12-13(10)16(21)22-14(12)15(19)20/h2-3,14,17H,4-9H2,1H3,(H,19,20). The van der Waals surface area contributed by atoms with Gasteiger partial charge in [-0.05, 0) is 24.5 Å². The highest BCUT2D eigenvalue weighted by molar-refractivity contribution is 5.99. The van der Waals surface area contributed by atoms with E-state index in [4.69, 9.17) is 9.84 Å². The number of ether oxygens (including phenoxy) is 1. The van der Waals surface area contributed by atoms with Crippen molar-refractivity contribution in [1.29, 1.82) is 0 Å². The van der Waals surface area contributed by atoms with Gasteiger partial charge in [-0.15, -0.1) is 0 Å². The number of nitrogens with zero attached hydrogens (tertiary/aromatic N) is 1. The third kappa shape index (κ3) is 2.71. The number of nitrogens with one attached hydrogen (secondary N) is 1. The van der Waals surface area contributed by atoms with E-state index in [9.17, 15) is 9.59 Å². The fourth-order valence-electron chi connectivity index (χ4n) is 3.16. The molecule has 0 aliphatic carbocycles. The number of carboxylic acids is 1. The molecule has 2 aliphatic rings. The van der Waals surface area contributed by atoms with Gasteiger partial charge in [0.15, 0.2) is 0 Å². The Morgan fingerprint density at radius 1 is 1.41 bits per heavy atom. The molecule has 2 heterocycles. The molecule has 1 aromatic carbocycles. The third-order valence-electron chi connectivity index (χ3n) is 4.45. The molecule has 0 amide bonds. The molecule has 0 bridgehead atoms. The maximum absolute atomic E-state index is 12.0. The number of benzene rings is 1. The summed E-state index contributed by atoms with van der Waals surface area (Å²) in [5.74, 6) is -1.65. The summed E-state index contributed by atoms with van der Waals surface area (Å²) in [4.78, 5) is 25.5. The van der Waals surface area contributed by atoms with Crippen LogP contribution in [0.15, 0.2) is 12.1 Å². The Balaban J connectivity index is 1.78. The first-order valence-corrected chi connectivity index (χ1v) is 7.57. The smallest absolute Gasteiger partial charge is 0.349 e. The van der Waals surface area contributed by atoms with E-state index in [0.717, 1.165) is 50.3 Å². The molecule has 0 radical (unpaired) electrons. The minimum absolute atomic E-state index is 0.435. The van der Waals surface area contributed by atoms with Crippen molar-refractivity contribution in [1.82, 2.24) is 10.2 Å². The second kappa shape index (κ2) is 6.06. The first-order chi connectivity index (χ1) is 10.6. The van der Waals surface area contributed by atoms with Crippen LogP contribution in [0.25, 0.3) is 0 Å². The lowest BCUT2D eigenvalue weighted by molar-refractivity contribution is -0.146. The van der Waals surface area contributed by atoms with Crippen LogP contribution >= 0.6 is 0 Å². The van der Waals surface area contributed by atoms with Gasteiger partial charge in [0.1, 0.15) is 0 Å². The zero-order valence-electron chi connectivity index (χ0n) is 12.6.